The first kappa shape index (κ1) is 16.6. The smallest absolute Gasteiger partial charge is 0.225 e. The maximum Gasteiger partial charge on any atom is 0.225 e. The van der Waals surface area contributed by atoms with Crippen molar-refractivity contribution in [3.05, 3.63) is 22.2 Å². The molecule has 0 saturated heterocycles. The standard InChI is InChI=1S/C13H16Cl2N4O/c1-19(5-2-4-16)6-3-12(20)18-13-10(14)7-9(17)8-11(13)15/h7-8H,2-3,5-6,17H2,1H3,(H,18,20). The molecule has 3 N–H and O–H groups in total. The number of nitrogens with zero attached hydrogens (tertiary/aromatic N) is 2. The Hall–Kier alpha value is -1.48. The Morgan fingerprint density at radius 2 is 2.00 bits per heavy atom. The minimum Gasteiger partial charge on any atom is -0.399 e. The molecule has 0 fully saturated rings. The van der Waals surface area contributed by atoms with Crippen molar-refractivity contribution in [3.8, 4) is 6.07 Å². The summed E-state index contributed by atoms with van der Waals surface area (Å²) in [5.41, 5.74) is 6.40. The Balaban J connectivity index is 2.53. The molecule has 1 aromatic carbocycles. The first-order chi connectivity index (χ1) is 9.43. The van der Waals surface area contributed by atoms with Crippen LogP contribution in [0.25, 0.3) is 0 Å². The molecule has 0 heterocycles. The van der Waals surface area contributed by atoms with Gasteiger partial charge in [0.05, 0.1) is 21.8 Å². The molecular weight excluding hydrogens is 299 g/mol. The van der Waals surface area contributed by atoms with Crippen LogP contribution in [0.15, 0.2) is 12.1 Å². The van der Waals surface area contributed by atoms with E-state index in [1.165, 1.54) is 12.1 Å². The lowest BCUT2D eigenvalue weighted by molar-refractivity contribution is -0.116. The van der Waals surface area contributed by atoms with Crippen molar-refractivity contribution in [3.63, 3.8) is 0 Å². The summed E-state index contributed by atoms with van der Waals surface area (Å²) in [7, 11) is 1.85. The predicted molar refractivity (Wildman–Crippen MR) is 81.8 cm³/mol. The van der Waals surface area contributed by atoms with Gasteiger partial charge in [0.15, 0.2) is 0 Å². The lowest BCUT2D eigenvalue weighted by Crippen LogP contribution is -2.25. The van der Waals surface area contributed by atoms with Crippen molar-refractivity contribution < 1.29 is 4.79 Å². The summed E-state index contributed by atoms with van der Waals surface area (Å²) >= 11 is 12.0. The highest BCUT2D eigenvalue weighted by atomic mass is 35.5. The number of halogens is 2. The van der Waals surface area contributed by atoms with Crippen LogP contribution < -0.4 is 11.1 Å². The van der Waals surface area contributed by atoms with Gasteiger partial charge in [-0.3, -0.25) is 4.79 Å². The maximum absolute atomic E-state index is 11.8. The molecule has 0 aliphatic heterocycles. The van der Waals surface area contributed by atoms with E-state index in [0.29, 0.717) is 47.4 Å². The quantitative estimate of drug-likeness (QED) is 0.791. The van der Waals surface area contributed by atoms with Crippen molar-refractivity contribution in [1.82, 2.24) is 4.90 Å². The Kier molecular flexibility index (Phi) is 6.59. The van der Waals surface area contributed by atoms with Crippen LogP contribution in [0.1, 0.15) is 12.8 Å². The lowest BCUT2D eigenvalue weighted by atomic mass is 10.2. The highest BCUT2D eigenvalue weighted by Crippen LogP contribution is 2.32. The molecule has 1 rings (SSSR count). The third-order valence-corrected chi connectivity index (χ3v) is 3.25. The van der Waals surface area contributed by atoms with Crippen LogP contribution in [0, 0.1) is 11.3 Å². The zero-order chi connectivity index (χ0) is 15.1. The second-order valence-corrected chi connectivity index (χ2v) is 5.18. The van der Waals surface area contributed by atoms with Crippen LogP contribution >= 0.6 is 23.2 Å². The number of nitrogens with one attached hydrogen (secondary N) is 1. The highest BCUT2D eigenvalue weighted by Gasteiger charge is 2.11. The van der Waals surface area contributed by atoms with Crippen molar-refractivity contribution in [2.24, 2.45) is 0 Å². The number of hydrogen-bond acceptors (Lipinski definition) is 4. The van der Waals surface area contributed by atoms with Crippen molar-refractivity contribution in [2.45, 2.75) is 12.8 Å². The molecule has 0 aliphatic rings. The second kappa shape index (κ2) is 7.95. The van der Waals surface area contributed by atoms with Gasteiger partial charge in [-0.1, -0.05) is 23.2 Å². The summed E-state index contributed by atoms with van der Waals surface area (Å²) in [6.45, 7) is 1.19. The second-order valence-electron chi connectivity index (χ2n) is 4.37. The van der Waals surface area contributed by atoms with Crippen molar-refractivity contribution >= 4 is 40.5 Å². The fourth-order valence-electron chi connectivity index (χ4n) is 1.56. The molecule has 7 heteroatoms. The van der Waals surface area contributed by atoms with Crippen LogP contribution in [0.2, 0.25) is 10.0 Å². The number of rotatable bonds is 6. The molecule has 20 heavy (non-hydrogen) atoms. The number of carbonyl (C=O) groups is 1. The number of nitrogens with two attached hydrogens (primary N) is 1. The SMILES string of the molecule is CN(CCC#N)CCC(=O)Nc1c(Cl)cc(N)cc1Cl. The van der Waals surface area contributed by atoms with Crippen LogP contribution in [-0.4, -0.2) is 30.9 Å². The Labute approximate surface area is 128 Å². The van der Waals surface area contributed by atoms with Gasteiger partial charge in [-0.2, -0.15) is 5.26 Å². The van der Waals surface area contributed by atoms with E-state index >= 15 is 0 Å². The van der Waals surface area contributed by atoms with Gasteiger partial charge in [-0.25, -0.2) is 0 Å². The molecule has 0 aromatic heterocycles. The number of hydrogen-bond donors (Lipinski definition) is 2. The van der Waals surface area contributed by atoms with E-state index in [0.717, 1.165) is 0 Å². The number of anilines is 2. The van der Waals surface area contributed by atoms with Gasteiger partial charge < -0.3 is 16.0 Å². The number of nitrogen functional groups attached to an aromatic ring is 1. The van der Waals surface area contributed by atoms with Crippen LogP contribution in [-0.2, 0) is 4.79 Å². The summed E-state index contributed by atoms with van der Waals surface area (Å²) in [5, 5.41) is 11.8. The van der Waals surface area contributed by atoms with E-state index < -0.39 is 0 Å². The number of carbonyl (C=O) groups excluding carboxylic acids is 1. The lowest BCUT2D eigenvalue weighted by Gasteiger charge is -2.15. The summed E-state index contributed by atoms with van der Waals surface area (Å²) in [4.78, 5) is 13.7. The van der Waals surface area contributed by atoms with E-state index in [2.05, 4.69) is 11.4 Å². The Bertz CT molecular complexity index is 505. The van der Waals surface area contributed by atoms with Gasteiger partial charge in [0.2, 0.25) is 5.91 Å². The van der Waals surface area contributed by atoms with Gasteiger partial charge >= 0.3 is 0 Å². The molecule has 0 atom stereocenters. The zero-order valence-corrected chi connectivity index (χ0v) is 12.6. The normalized spacial score (nSPS) is 10.3. The van der Waals surface area contributed by atoms with Gasteiger partial charge in [0, 0.05) is 31.6 Å². The molecule has 0 unspecified atom stereocenters. The summed E-state index contributed by atoms with van der Waals surface area (Å²) in [6, 6.07) is 5.12. The molecule has 0 aliphatic carbocycles. The summed E-state index contributed by atoms with van der Waals surface area (Å²) in [5.74, 6) is -0.192. The number of nitriles is 1. The van der Waals surface area contributed by atoms with E-state index in [1.54, 1.807) is 0 Å². The molecule has 0 radical (unpaired) electrons. The van der Waals surface area contributed by atoms with E-state index in [9.17, 15) is 4.79 Å². The predicted octanol–water partition coefficient (Wildman–Crippen LogP) is 2.75. The monoisotopic (exact) mass is 314 g/mol. The average Bonchev–Trinajstić information content (AvgIpc) is 2.38. The van der Waals surface area contributed by atoms with E-state index in [1.807, 2.05) is 11.9 Å². The topological polar surface area (TPSA) is 82.2 Å². The average molecular weight is 315 g/mol. The van der Waals surface area contributed by atoms with Crippen molar-refractivity contribution in [2.75, 3.05) is 31.2 Å². The van der Waals surface area contributed by atoms with Gasteiger partial charge in [-0.05, 0) is 19.2 Å². The van der Waals surface area contributed by atoms with E-state index in [-0.39, 0.29) is 5.91 Å². The highest BCUT2D eigenvalue weighted by molar-refractivity contribution is 6.40. The molecule has 108 valence electrons. The first-order valence-electron chi connectivity index (χ1n) is 6.04. The largest absolute Gasteiger partial charge is 0.399 e. The molecular formula is C13H16Cl2N4O. The molecule has 0 spiro atoms. The molecule has 5 nitrogen and oxygen atoms in total. The van der Waals surface area contributed by atoms with Crippen LogP contribution in [0.5, 0.6) is 0 Å². The molecule has 0 bridgehead atoms. The van der Waals surface area contributed by atoms with Crippen molar-refractivity contribution in [1.29, 1.82) is 5.26 Å². The fourth-order valence-corrected chi connectivity index (χ4v) is 2.16. The Morgan fingerprint density at radius 1 is 1.40 bits per heavy atom. The third kappa shape index (κ3) is 5.25. The number of benzene rings is 1. The Morgan fingerprint density at radius 3 is 2.55 bits per heavy atom. The minimum atomic E-state index is -0.192. The molecule has 1 amide bonds. The van der Waals surface area contributed by atoms with Crippen LogP contribution in [0.3, 0.4) is 0 Å². The molecule has 1 aromatic rings. The fraction of sp³-hybridized carbons (Fsp3) is 0.385. The first-order valence-corrected chi connectivity index (χ1v) is 6.79. The number of amides is 1. The summed E-state index contributed by atoms with van der Waals surface area (Å²) < 4.78 is 0. The van der Waals surface area contributed by atoms with Crippen LogP contribution in [0.4, 0.5) is 11.4 Å². The van der Waals surface area contributed by atoms with Gasteiger partial charge in [0.1, 0.15) is 0 Å². The van der Waals surface area contributed by atoms with Gasteiger partial charge in [0.25, 0.3) is 0 Å². The molecule has 0 saturated carbocycles. The third-order valence-electron chi connectivity index (χ3n) is 2.65. The summed E-state index contributed by atoms with van der Waals surface area (Å²) in [6.07, 6.45) is 0.729. The van der Waals surface area contributed by atoms with Gasteiger partial charge in [-0.15, -0.1) is 0 Å². The maximum atomic E-state index is 11.8. The van der Waals surface area contributed by atoms with E-state index in [4.69, 9.17) is 34.2 Å². The minimum absolute atomic E-state index is 0.192. The zero-order valence-electron chi connectivity index (χ0n) is 11.1.